The Morgan fingerprint density at radius 2 is 2.08 bits per heavy atom. The molecule has 4 nitrogen and oxygen atoms in total. The van der Waals surface area contributed by atoms with E-state index in [4.69, 9.17) is 4.74 Å². The van der Waals surface area contributed by atoms with E-state index in [1.807, 2.05) is 49.4 Å². The summed E-state index contributed by atoms with van der Waals surface area (Å²) in [6.45, 7) is 1.99. The van der Waals surface area contributed by atoms with E-state index in [0.717, 1.165) is 28.0 Å². The molecule has 0 bridgehead atoms. The van der Waals surface area contributed by atoms with Gasteiger partial charge in [-0.05, 0) is 36.3 Å². The molecule has 2 N–H and O–H groups in total. The number of ether oxygens (including phenoxy) is 1. The zero-order chi connectivity index (χ0) is 17.1. The number of carbonyl (C=O) groups excluding carboxylic acids is 1. The van der Waals surface area contributed by atoms with Crippen molar-refractivity contribution < 1.29 is 14.6 Å². The molecule has 0 heterocycles. The number of aliphatic hydroxyl groups excluding tert-OH is 1. The first-order valence-corrected chi connectivity index (χ1v) is 7.97. The van der Waals surface area contributed by atoms with E-state index in [2.05, 4.69) is 5.32 Å². The third-order valence-corrected chi connectivity index (χ3v) is 4.30. The fourth-order valence-electron chi connectivity index (χ4n) is 3.10. The van der Waals surface area contributed by atoms with Gasteiger partial charge in [-0.15, -0.1) is 0 Å². The highest BCUT2D eigenvalue weighted by Crippen LogP contribution is 2.31. The van der Waals surface area contributed by atoms with Gasteiger partial charge in [0.2, 0.25) is 5.91 Å². The van der Waals surface area contributed by atoms with Crippen LogP contribution < -0.4 is 10.1 Å². The quantitative estimate of drug-likeness (QED) is 0.851. The zero-order valence-corrected chi connectivity index (χ0v) is 13.8. The Morgan fingerprint density at radius 3 is 2.88 bits per heavy atom. The molecule has 0 aliphatic heterocycles. The minimum atomic E-state index is -0.590. The highest BCUT2D eigenvalue weighted by molar-refractivity contribution is 5.92. The number of benzene rings is 2. The van der Waals surface area contributed by atoms with Crippen molar-refractivity contribution in [2.75, 3.05) is 7.11 Å². The van der Waals surface area contributed by atoms with Gasteiger partial charge in [0.25, 0.3) is 0 Å². The van der Waals surface area contributed by atoms with Crippen LogP contribution in [0.1, 0.15) is 28.3 Å². The van der Waals surface area contributed by atoms with Crippen LogP contribution in [0.2, 0.25) is 0 Å². The molecule has 0 saturated heterocycles. The predicted molar refractivity (Wildman–Crippen MR) is 93.8 cm³/mol. The van der Waals surface area contributed by atoms with E-state index in [0.29, 0.717) is 6.42 Å². The molecule has 1 aliphatic carbocycles. The maximum atomic E-state index is 12.3. The Kier molecular flexibility index (Phi) is 4.67. The number of methoxy groups -OCH3 is 1. The van der Waals surface area contributed by atoms with Crippen LogP contribution in [0.4, 0.5) is 0 Å². The molecule has 0 saturated carbocycles. The minimum Gasteiger partial charge on any atom is -0.496 e. The fourth-order valence-corrected chi connectivity index (χ4v) is 3.10. The molecule has 2 atom stereocenters. The van der Waals surface area contributed by atoms with Gasteiger partial charge in [0.15, 0.2) is 0 Å². The predicted octanol–water partition coefficient (Wildman–Crippen LogP) is 2.79. The first-order valence-electron chi connectivity index (χ1n) is 7.97. The molecule has 124 valence electrons. The molecule has 1 aliphatic rings. The van der Waals surface area contributed by atoms with Gasteiger partial charge in [-0.3, -0.25) is 4.79 Å². The average Bonchev–Trinajstić information content (AvgIpc) is 2.89. The summed E-state index contributed by atoms with van der Waals surface area (Å²) >= 11 is 0. The molecule has 1 amide bonds. The molecule has 3 rings (SSSR count). The molecule has 0 fully saturated rings. The molecule has 2 aromatic rings. The SMILES string of the molecule is COc1ccc(C)cc1/C=C/C(=O)NC1c2ccccc2CC1O. The second kappa shape index (κ2) is 6.89. The summed E-state index contributed by atoms with van der Waals surface area (Å²) in [6.07, 6.45) is 3.18. The summed E-state index contributed by atoms with van der Waals surface area (Å²) in [6, 6.07) is 13.2. The van der Waals surface area contributed by atoms with Crippen molar-refractivity contribution in [2.45, 2.75) is 25.5 Å². The smallest absolute Gasteiger partial charge is 0.244 e. The lowest BCUT2D eigenvalue weighted by Gasteiger charge is -2.16. The molecule has 24 heavy (non-hydrogen) atoms. The van der Waals surface area contributed by atoms with Crippen molar-refractivity contribution in [3.63, 3.8) is 0 Å². The number of amides is 1. The average molecular weight is 323 g/mol. The van der Waals surface area contributed by atoms with Gasteiger partial charge in [0.05, 0.1) is 19.3 Å². The summed E-state index contributed by atoms with van der Waals surface area (Å²) in [5.74, 6) is 0.482. The van der Waals surface area contributed by atoms with Crippen LogP contribution >= 0.6 is 0 Å². The number of nitrogens with one attached hydrogen (secondary N) is 1. The maximum absolute atomic E-state index is 12.3. The second-order valence-electron chi connectivity index (χ2n) is 6.04. The molecular weight excluding hydrogens is 302 g/mol. The number of rotatable bonds is 4. The Balaban J connectivity index is 1.74. The number of fused-ring (bicyclic) bond motifs is 1. The van der Waals surface area contributed by atoms with Crippen molar-refractivity contribution >= 4 is 12.0 Å². The van der Waals surface area contributed by atoms with E-state index >= 15 is 0 Å². The maximum Gasteiger partial charge on any atom is 0.244 e. The van der Waals surface area contributed by atoms with Gasteiger partial charge in [0, 0.05) is 18.1 Å². The lowest BCUT2D eigenvalue weighted by atomic mass is 10.1. The number of hydrogen-bond acceptors (Lipinski definition) is 3. The topological polar surface area (TPSA) is 58.6 Å². The largest absolute Gasteiger partial charge is 0.496 e. The Morgan fingerprint density at radius 1 is 1.29 bits per heavy atom. The highest BCUT2D eigenvalue weighted by Gasteiger charge is 2.31. The number of aliphatic hydroxyl groups is 1. The van der Waals surface area contributed by atoms with Crippen LogP contribution in [0.5, 0.6) is 5.75 Å². The molecule has 0 radical (unpaired) electrons. The standard InChI is InChI=1S/C20H21NO3/c1-13-7-9-18(24-2)15(11-13)8-10-19(23)21-20-16-6-4-3-5-14(16)12-17(20)22/h3-11,17,20,22H,12H2,1-2H3,(H,21,23)/b10-8+. The van der Waals surface area contributed by atoms with Crippen molar-refractivity contribution in [2.24, 2.45) is 0 Å². The summed E-state index contributed by atoms with van der Waals surface area (Å²) in [5.41, 5.74) is 4.01. The molecule has 0 spiro atoms. The number of aryl methyl sites for hydroxylation is 1. The summed E-state index contributed by atoms with van der Waals surface area (Å²) in [5, 5.41) is 13.1. The molecule has 0 aromatic heterocycles. The van der Waals surface area contributed by atoms with Crippen LogP contribution in [0.3, 0.4) is 0 Å². The molecule has 4 heteroatoms. The van der Waals surface area contributed by atoms with E-state index < -0.39 is 6.10 Å². The lowest BCUT2D eigenvalue weighted by Crippen LogP contribution is -2.32. The van der Waals surface area contributed by atoms with Gasteiger partial charge < -0.3 is 15.2 Å². The summed E-state index contributed by atoms with van der Waals surface area (Å²) in [7, 11) is 1.61. The molecule has 2 aromatic carbocycles. The van der Waals surface area contributed by atoms with Crippen molar-refractivity contribution in [1.29, 1.82) is 0 Å². The van der Waals surface area contributed by atoms with Crippen LogP contribution in [0.25, 0.3) is 6.08 Å². The van der Waals surface area contributed by atoms with Gasteiger partial charge in [-0.2, -0.15) is 0 Å². The van der Waals surface area contributed by atoms with Crippen LogP contribution in [-0.4, -0.2) is 24.2 Å². The summed E-state index contributed by atoms with van der Waals surface area (Å²) in [4.78, 5) is 12.3. The van der Waals surface area contributed by atoms with E-state index in [1.54, 1.807) is 13.2 Å². The summed E-state index contributed by atoms with van der Waals surface area (Å²) < 4.78 is 5.31. The second-order valence-corrected chi connectivity index (χ2v) is 6.04. The van der Waals surface area contributed by atoms with Gasteiger partial charge in [-0.1, -0.05) is 35.9 Å². The first kappa shape index (κ1) is 16.3. The van der Waals surface area contributed by atoms with Crippen molar-refractivity contribution in [1.82, 2.24) is 5.32 Å². The third kappa shape index (κ3) is 3.34. The van der Waals surface area contributed by atoms with Gasteiger partial charge in [-0.25, -0.2) is 0 Å². The molecular formula is C20H21NO3. The van der Waals surface area contributed by atoms with E-state index in [1.165, 1.54) is 6.08 Å². The third-order valence-electron chi connectivity index (χ3n) is 4.30. The monoisotopic (exact) mass is 323 g/mol. The van der Waals surface area contributed by atoms with E-state index in [9.17, 15) is 9.90 Å². The van der Waals surface area contributed by atoms with Crippen molar-refractivity contribution in [3.05, 3.63) is 70.8 Å². The van der Waals surface area contributed by atoms with Crippen LogP contribution in [0, 0.1) is 6.92 Å². The van der Waals surface area contributed by atoms with Crippen LogP contribution in [0.15, 0.2) is 48.5 Å². The Labute approximate surface area is 141 Å². The van der Waals surface area contributed by atoms with Gasteiger partial charge in [0.1, 0.15) is 5.75 Å². The molecule has 2 unspecified atom stereocenters. The minimum absolute atomic E-state index is 0.237. The Hall–Kier alpha value is -2.59. The lowest BCUT2D eigenvalue weighted by molar-refractivity contribution is -0.117. The van der Waals surface area contributed by atoms with Crippen molar-refractivity contribution in [3.8, 4) is 5.75 Å². The zero-order valence-electron chi connectivity index (χ0n) is 13.8. The Bertz CT molecular complexity index is 782. The first-order chi connectivity index (χ1) is 11.6. The fraction of sp³-hybridized carbons (Fsp3) is 0.250. The highest BCUT2D eigenvalue weighted by atomic mass is 16.5. The van der Waals surface area contributed by atoms with Gasteiger partial charge >= 0.3 is 0 Å². The van der Waals surface area contributed by atoms with E-state index in [-0.39, 0.29) is 11.9 Å². The van der Waals surface area contributed by atoms with Crippen LogP contribution in [-0.2, 0) is 11.2 Å². The normalized spacial score (nSPS) is 19.3. The number of carbonyl (C=O) groups is 1. The number of hydrogen-bond donors (Lipinski definition) is 2.